The summed E-state index contributed by atoms with van der Waals surface area (Å²) in [6.45, 7) is 5.29. The highest BCUT2D eigenvalue weighted by molar-refractivity contribution is 6.30. The summed E-state index contributed by atoms with van der Waals surface area (Å²) in [4.78, 5) is 0. The molecule has 17 heavy (non-hydrogen) atoms. The minimum Gasteiger partial charge on any atom is -0.871 e. The number of benzene rings is 1. The maximum absolute atomic E-state index is 12.1. The number of aliphatic hydroxyl groups excluding tert-OH is 1. The summed E-state index contributed by atoms with van der Waals surface area (Å²) < 4.78 is 0. The summed E-state index contributed by atoms with van der Waals surface area (Å²) in [7, 11) is 0. The van der Waals surface area contributed by atoms with Crippen LogP contribution in [0.4, 0.5) is 0 Å². The lowest BCUT2D eigenvalue weighted by molar-refractivity contribution is -0.245. The van der Waals surface area contributed by atoms with E-state index in [2.05, 4.69) is 5.32 Å². The summed E-state index contributed by atoms with van der Waals surface area (Å²) in [6, 6.07) is 6.80. The predicted molar refractivity (Wildman–Crippen MR) is 68.3 cm³/mol. The number of hydrogen-bond acceptors (Lipinski definition) is 3. The molecule has 0 spiro atoms. The molecule has 0 aromatic heterocycles. The number of aliphatic hydroxyl groups is 1. The Balaban J connectivity index is 2.97. The summed E-state index contributed by atoms with van der Waals surface area (Å²) in [5.74, 6) is -0.117. The number of allylic oxidation sites excluding steroid dienone is 1. The molecule has 0 atom stereocenters. The van der Waals surface area contributed by atoms with Crippen LogP contribution in [0.2, 0.25) is 5.02 Å². The normalized spacial score (nSPS) is 13.2. The smallest absolute Gasteiger partial charge is 0.0656 e. The zero-order chi connectivity index (χ0) is 13.1. The van der Waals surface area contributed by atoms with Crippen LogP contribution in [0.3, 0.4) is 0 Å². The van der Waals surface area contributed by atoms with Crippen LogP contribution < -0.4 is 10.4 Å². The third-order valence-corrected chi connectivity index (χ3v) is 2.58. The molecule has 0 amide bonds. The van der Waals surface area contributed by atoms with E-state index in [0.29, 0.717) is 16.3 Å². The molecule has 4 heteroatoms. The van der Waals surface area contributed by atoms with E-state index >= 15 is 0 Å². The van der Waals surface area contributed by atoms with Crippen LogP contribution in [0.25, 0.3) is 5.76 Å². The Hall–Kier alpha value is -1.19. The molecule has 0 unspecified atom stereocenters. The fourth-order valence-corrected chi connectivity index (χ4v) is 1.64. The van der Waals surface area contributed by atoms with Gasteiger partial charge in [-0.1, -0.05) is 29.5 Å². The van der Waals surface area contributed by atoms with Gasteiger partial charge in [-0.3, -0.25) is 0 Å². The Morgan fingerprint density at radius 2 is 2.12 bits per heavy atom. The average molecular weight is 255 g/mol. The van der Waals surface area contributed by atoms with Gasteiger partial charge in [0, 0.05) is 10.7 Å². The Labute approximate surface area is 107 Å². The zero-order valence-electron chi connectivity index (χ0n) is 10.2. The Kier molecular flexibility index (Phi) is 4.43. The van der Waals surface area contributed by atoms with E-state index in [1.807, 2.05) is 13.8 Å². The lowest BCUT2D eigenvalue weighted by atomic mass is 10.1. The van der Waals surface area contributed by atoms with Crippen molar-refractivity contribution in [2.45, 2.75) is 26.3 Å². The van der Waals surface area contributed by atoms with Crippen LogP contribution in [-0.2, 0) is 0 Å². The predicted octanol–water partition coefficient (Wildman–Crippen LogP) is 1.75. The molecule has 1 aromatic rings. The van der Waals surface area contributed by atoms with Gasteiger partial charge in [0.05, 0.1) is 12.1 Å². The molecular formula is C13H17ClNO2-. The van der Waals surface area contributed by atoms with E-state index < -0.39 is 5.54 Å². The largest absolute Gasteiger partial charge is 0.871 e. The lowest BCUT2D eigenvalue weighted by Gasteiger charge is -2.29. The van der Waals surface area contributed by atoms with Crippen LogP contribution in [0.15, 0.2) is 30.0 Å². The highest BCUT2D eigenvalue weighted by Gasteiger charge is 2.15. The van der Waals surface area contributed by atoms with E-state index in [0.717, 1.165) is 0 Å². The standard InChI is InChI=1S/C13H18ClNO2/c1-9(15-13(2,3)8-16)12(17)10-5-4-6-11(14)7-10/h4-7,15-17H,8H2,1-3H3/p-1/b12-9+. The van der Waals surface area contributed by atoms with Crippen molar-refractivity contribution in [2.24, 2.45) is 0 Å². The molecule has 3 nitrogen and oxygen atoms in total. The summed E-state index contributed by atoms with van der Waals surface area (Å²) >= 11 is 5.83. The van der Waals surface area contributed by atoms with Gasteiger partial charge in [0.15, 0.2) is 0 Å². The maximum Gasteiger partial charge on any atom is 0.0656 e. The van der Waals surface area contributed by atoms with Gasteiger partial charge < -0.3 is 15.5 Å². The van der Waals surface area contributed by atoms with E-state index in [9.17, 15) is 5.11 Å². The zero-order valence-corrected chi connectivity index (χ0v) is 11.0. The van der Waals surface area contributed by atoms with Gasteiger partial charge in [0.25, 0.3) is 0 Å². The molecule has 0 aliphatic heterocycles. The van der Waals surface area contributed by atoms with Crippen LogP contribution in [0.5, 0.6) is 0 Å². The second-order valence-electron chi connectivity index (χ2n) is 4.63. The quantitative estimate of drug-likeness (QED) is 0.805. The molecule has 0 aliphatic carbocycles. The summed E-state index contributed by atoms with van der Waals surface area (Å²) in [5, 5.41) is 24.7. The molecule has 0 saturated carbocycles. The Morgan fingerprint density at radius 3 is 2.65 bits per heavy atom. The minimum atomic E-state index is -0.516. The van der Waals surface area contributed by atoms with Crippen molar-refractivity contribution in [2.75, 3.05) is 6.61 Å². The second-order valence-corrected chi connectivity index (χ2v) is 5.07. The van der Waals surface area contributed by atoms with Crippen LogP contribution in [0.1, 0.15) is 26.3 Å². The summed E-state index contributed by atoms with van der Waals surface area (Å²) in [6.07, 6.45) is 0. The monoisotopic (exact) mass is 254 g/mol. The van der Waals surface area contributed by atoms with Gasteiger partial charge in [-0.15, -0.1) is 0 Å². The maximum atomic E-state index is 12.1. The number of nitrogens with one attached hydrogen (secondary N) is 1. The van der Waals surface area contributed by atoms with Gasteiger partial charge in [0.2, 0.25) is 0 Å². The second kappa shape index (κ2) is 5.43. The first-order chi connectivity index (χ1) is 7.85. The van der Waals surface area contributed by atoms with Crippen molar-refractivity contribution >= 4 is 17.4 Å². The average Bonchev–Trinajstić information content (AvgIpc) is 2.27. The van der Waals surface area contributed by atoms with Crippen LogP contribution >= 0.6 is 11.6 Å². The number of halogens is 1. The van der Waals surface area contributed by atoms with E-state index in [1.165, 1.54) is 0 Å². The third-order valence-electron chi connectivity index (χ3n) is 2.35. The Morgan fingerprint density at radius 1 is 1.47 bits per heavy atom. The SMILES string of the molecule is C/C(NC(C)(C)CO)=C(\[O-])c1cccc(Cl)c1. The van der Waals surface area contributed by atoms with E-state index in [1.54, 1.807) is 31.2 Å². The summed E-state index contributed by atoms with van der Waals surface area (Å²) in [5.41, 5.74) is 0.515. The lowest BCUT2D eigenvalue weighted by Crippen LogP contribution is -2.42. The molecular weight excluding hydrogens is 238 g/mol. The molecule has 2 N–H and O–H groups in total. The van der Waals surface area contributed by atoms with Crippen molar-refractivity contribution in [1.82, 2.24) is 5.32 Å². The van der Waals surface area contributed by atoms with Crippen molar-refractivity contribution < 1.29 is 10.2 Å². The van der Waals surface area contributed by atoms with Crippen molar-refractivity contribution in [3.05, 3.63) is 40.5 Å². The molecule has 0 fully saturated rings. The minimum absolute atomic E-state index is 0.0484. The highest BCUT2D eigenvalue weighted by atomic mass is 35.5. The first-order valence-corrected chi connectivity index (χ1v) is 5.76. The molecule has 0 saturated heterocycles. The molecule has 0 radical (unpaired) electrons. The van der Waals surface area contributed by atoms with Gasteiger partial charge in [-0.2, -0.15) is 0 Å². The fourth-order valence-electron chi connectivity index (χ4n) is 1.45. The number of rotatable bonds is 4. The number of hydrogen-bond donors (Lipinski definition) is 2. The molecule has 1 rings (SSSR count). The molecule has 94 valence electrons. The first kappa shape index (κ1) is 13.9. The van der Waals surface area contributed by atoms with Gasteiger partial charge in [0.1, 0.15) is 0 Å². The molecule has 0 aliphatic rings. The molecule has 0 bridgehead atoms. The van der Waals surface area contributed by atoms with Crippen molar-refractivity contribution in [1.29, 1.82) is 0 Å². The molecule has 1 aromatic carbocycles. The van der Waals surface area contributed by atoms with Crippen LogP contribution in [0, 0.1) is 0 Å². The fraction of sp³-hybridized carbons (Fsp3) is 0.385. The van der Waals surface area contributed by atoms with Gasteiger partial charge >= 0.3 is 0 Å². The van der Waals surface area contributed by atoms with Gasteiger partial charge in [-0.05, 0) is 38.5 Å². The topological polar surface area (TPSA) is 55.3 Å². The Bertz CT molecular complexity index is 427. The van der Waals surface area contributed by atoms with Crippen LogP contribution in [-0.4, -0.2) is 17.3 Å². The first-order valence-electron chi connectivity index (χ1n) is 5.38. The van der Waals surface area contributed by atoms with Gasteiger partial charge in [-0.25, -0.2) is 0 Å². The van der Waals surface area contributed by atoms with E-state index in [-0.39, 0.29) is 12.4 Å². The highest BCUT2D eigenvalue weighted by Crippen LogP contribution is 2.18. The third kappa shape index (κ3) is 3.95. The van der Waals surface area contributed by atoms with E-state index in [4.69, 9.17) is 16.7 Å². The van der Waals surface area contributed by atoms with Crippen molar-refractivity contribution in [3.8, 4) is 0 Å². The van der Waals surface area contributed by atoms with Crippen molar-refractivity contribution in [3.63, 3.8) is 0 Å². The molecule has 0 heterocycles.